The van der Waals surface area contributed by atoms with Crippen LogP contribution in [0.1, 0.15) is 11.1 Å². The van der Waals surface area contributed by atoms with Crippen LogP contribution in [-0.2, 0) is 11.3 Å². The second-order valence-corrected chi connectivity index (χ2v) is 4.79. The predicted octanol–water partition coefficient (Wildman–Crippen LogP) is 3.88. The molecule has 112 valence electrons. The zero-order chi connectivity index (χ0) is 15.9. The molecular weight excluding hydrogens is 274 g/mol. The molecule has 0 saturated heterocycles. The molecule has 0 saturated carbocycles. The lowest BCUT2D eigenvalue weighted by Gasteiger charge is -2.24. The number of amides is 1. The maximum Gasteiger partial charge on any atom is 0.250 e. The molecule has 0 heterocycles. The van der Waals surface area contributed by atoms with Crippen molar-refractivity contribution in [1.82, 2.24) is 4.90 Å². The largest absolute Gasteiger partial charge is 0.497 e. The Labute approximate surface area is 131 Å². The minimum absolute atomic E-state index is 0.176. The molecule has 2 aromatic carbocycles. The Hall–Kier alpha value is -2.81. The van der Waals surface area contributed by atoms with Crippen LogP contribution in [0.4, 0.5) is 0 Å². The van der Waals surface area contributed by atoms with Crippen molar-refractivity contribution in [2.24, 2.45) is 0 Å². The van der Waals surface area contributed by atoms with Gasteiger partial charge in [0.1, 0.15) is 5.75 Å². The van der Waals surface area contributed by atoms with E-state index < -0.39 is 0 Å². The van der Waals surface area contributed by atoms with Gasteiger partial charge in [0.2, 0.25) is 0 Å². The van der Waals surface area contributed by atoms with Gasteiger partial charge in [-0.25, -0.2) is 0 Å². The van der Waals surface area contributed by atoms with Crippen LogP contribution in [0.3, 0.4) is 0 Å². The van der Waals surface area contributed by atoms with Crippen molar-refractivity contribution in [1.29, 1.82) is 0 Å². The Morgan fingerprint density at radius 2 is 1.77 bits per heavy atom. The highest BCUT2D eigenvalue weighted by Crippen LogP contribution is 2.22. The first-order chi connectivity index (χ1) is 10.7. The van der Waals surface area contributed by atoms with Gasteiger partial charge in [-0.05, 0) is 41.5 Å². The lowest BCUT2D eigenvalue weighted by atomic mass is 10.1. The molecule has 1 amide bonds. The van der Waals surface area contributed by atoms with Gasteiger partial charge in [0.05, 0.1) is 13.7 Å². The number of rotatable bonds is 6. The Bertz CT molecular complexity index is 660. The zero-order valence-corrected chi connectivity index (χ0v) is 12.7. The number of nitrogens with zero attached hydrogens (tertiary/aromatic N) is 1. The zero-order valence-electron chi connectivity index (χ0n) is 12.7. The fraction of sp³-hybridized carbons (Fsp3) is 0.105. The second kappa shape index (κ2) is 7.27. The number of carbonyl (C=O) groups is 1. The van der Waals surface area contributed by atoms with E-state index in [9.17, 15) is 4.79 Å². The number of hydrogen-bond acceptors (Lipinski definition) is 2. The lowest BCUT2D eigenvalue weighted by molar-refractivity contribution is -0.123. The molecule has 0 atom stereocenters. The first-order valence-electron chi connectivity index (χ1n) is 6.97. The molecule has 0 fully saturated rings. The summed E-state index contributed by atoms with van der Waals surface area (Å²) in [4.78, 5) is 13.8. The quantitative estimate of drug-likeness (QED) is 0.756. The van der Waals surface area contributed by atoms with E-state index in [-0.39, 0.29) is 5.91 Å². The normalized spacial score (nSPS) is 9.86. The van der Waals surface area contributed by atoms with Gasteiger partial charge < -0.3 is 9.64 Å². The number of hydrogen-bond donors (Lipinski definition) is 0. The van der Waals surface area contributed by atoms with Crippen LogP contribution in [0.2, 0.25) is 0 Å². The molecule has 2 aromatic rings. The van der Waals surface area contributed by atoms with Crippen LogP contribution in [0.15, 0.2) is 73.8 Å². The highest BCUT2D eigenvalue weighted by Gasteiger charge is 2.16. The van der Waals surface area contributed by atoms with Crippen LogP contribution in [0.5, 0.6) is 5.75 Å². The van der Waals surface area contributed by atoms with E-state index in [4.69, 9.17) is 4.74 Å². The third-order valence-electron chi connectivity index (χ3n) is 3.37. The van der Waals surface area contributed by atoms with Gasteiger partial charge in [0, 0.05) is 5.70 Å². The Morgan fingerprint density at radius 1 is 1.14 bits per heavy atom. The standard InChI is InChI=1S/C19H19NO2/c1-4-19(21)20(14-16-8-6-5-7-9-16)15(2)17-10-12-18(22-3)13-11-17/h4-13H,1-2,14H2,3H3. The van der Waals surface area contributed by atoms with Gasteiger partial charge in [-0.15, -0.1) is 0 Å². The smallest absolute Gasteiger partial charge is 0.250 e. The van der Waals surface area contributed by atoms with Gasteiger partial charge in [-0.3, -0.25) is 4.79 Å². The molecular formula is C19H19NO2. The van der Waals surface area contributed by atoms with Crippen LogP contribution in [0.25, 0.3) is 5.70 Å². The van der Waals surface area contributed by atoms with E-state index in [0.717, 1.165) is 16.9 Å². The number of methoxy groups -OCH3 is 1. The van der Waals surface area contributed by atoms with Crippen LogP contribution in [-0.4, -0.2) is 17.9 Å². The molecule has 0 spiro atoms. The molecule has 0 aliphatic carbocycles. The molecule has 0 aliphatic rings. The molecule has 0 unspecified atom stereocenters. The predicted molar refractivity (Wildman–Crippen MR) is 89.2 cm³/mol. The van der Waals surface area contributed by atoms with Crippen LogP contribution >= 0.6 is 0 Å². The molecule has 22 heavy (non-hydrogen) atoms. The summed E-state index contributed by atoms with van der Waals surface area (Å²) < 4.78 is 5.15. The SMILES string of the molecule is C=CC(=O)N(Cc1ccccc1)C(=C)c1ccc(OC)cc1. The van der Waals surface area contributed by atoms with Crippen molar-refractivity contribution in [2.45, 2.75) is 6.54 Å². The van der Waals surface area contributed by atoms with Crippen LogP contribution < -0.4 is 4.74 Å². The molecule has 0 bridgehead atoms. The second-order valence-electron chi connectivity index (χ2n) is 4.79. The van der Waals surface area contributed by atoms with Crippen molar-refractivity contribution < 1.29 is 9.53 Å². The van der Waals surface area contributed by atoms with E-state index >= 15 is 0 Å². The third kappa shape index (κ3) is 3.64. The van der Waals surface area contributed by atoms with Gasteiger partial charge in [-0.2, -0.15) is 0 Å². The summed E-state index contributed by atoms with van der Waals surface area (Å²) in [7, 11) is 1.62. The number of ether oxygens (including phenoxy) is 1. The van der Waals surface area contributed by atoms with E-state index in [1.165, 1.54) is 6.08 Å². The summed E-state index contributed by atoms with van der Waals surface area (Å²) in [5, 5.41) is 0. The summed E-state index contributed by atoms with van der Waals surface area (Å²) in [5.74, 6) is 0.589. The molecule has 0 aliphatic heterocycles. The molecule has 0 N–H and O–H groups in total. The summed E-state index contributed by atoms with van der Waals surface area (Å²) in [6, 6.07) is 17.3. The highest BCUT2D eigenvalue weighted by molar-refractivity contribution is 5.93. The summed E-state index contributed by atoms with van der Waals surface area (Å²) in [5.41, 5.74) is 2.54. The molecule has 0 radical (unpaired) electrons. The first kappa shape index (κ1) is 15.6. The van der Waals surface area contributed by atoms with E-state index in [2.05, 4.69) is 13.2 Å². The van der Waals surface area contributed by atoms with Crippen molar-refractivity contribution >= 4 is 11.6 Å². The van der Waals surface area contributed by atoms with Gasteiger partial charge >= 0.3 is 0 Å². The average molecular weight is 293 g/mol. The summed E-state index contributed by atoms with van der Waals surface area (Å²) in [6.45, 7) is 8.09. The minimum atomic E-state index is -0.176. The Kier molecular flexibility index (Phi) is 5.15. The fourth-order valence-electron chi connectivity index (χ4n) is 2.12. The third-order valence-corrected chi connectivity index (χ3v) is 3.37. The molecule has 3 nitrogen and oxygen atoms in total. The highest BCUT2D eigenvalue weighted by atomic mass is 16.5. The van der Waals surface area contributed by atoms with E-state index in [0.29, 0.717) is 12.2 Å². The van der Waals surface area contributed by atoms with Crippen molar-refractivity contribution in [2.75, 3.05) is 7.11 Å². The maximum atomic E-state index is 12.2. The Morgan fingerprint density at radius 3 is 2.32 bits per heavy atom. The van der Waals surface area contributed by atoms with Crippen molar-refractivity contribution in [3.05, 3.63) is 85.0 Å². The topological polar surface area (TPSA) is 29.5 Å². The number of carbonyl (C=O) groups excluding carboxylic acids is 1. The molecule has 0 aromatic heterocycles. The van der Waals surface area contributed by atoms with Gasteiger partial charge in [0.25, 0.3) is 5.91 Å². The fourth-order valence-corrected chi connectivity index (χ4v) is 2.12. The molecule has 3 heteroatoms. The van der Waals surface area contributed by atoms with Crippen molar-refractivity contribution in [3.63, 3.8) is 0 Å². The van der Waals surface area contributed by atoms with Crippen molar-refractivity contribution in [3.8, 4) is 5.75 Å². The van der Waals surface area contributed by atoms with Gasteiger partial charge in [-0.1, -0.05) is 43.5 Å². The molecule has 2 rings (SSSR count). The average Bonchev–Trinajstić information content (AvgIpc) is 2.59. The van der Waals surface area contributed by atoms with Crippen LogP contribution in [0, 0.1) is 0 Å². The lowest BCUT2D eigenvalue weighted by Crippen LogP contribution is -2.26. The van der Waals surface area contributed by atoms with E-state index in [1.54, 1.807) is 12.0 Å². The number of benzene rings is 2. The monoisotopic (exact) mass is 293 g/mol. The first-order valence-corrected chi connectivity index (χ1v) is 6.97. The summed E-state index contributed by atoms with van der Waals surface area (Å²) >= 11 is 0. The maximum absolute atomic E-state index is 12.2. The summed E-state index contributed by atoms with van der Waals surface area (Å²) in [6.07, 6.45) is 1.30. The minimum Gasteiger partial charge on any atom is -0.497 e. The van der Waals surface area contributed by atoms with Gasteiger partial charge in [0.15, 0.2) is 0 Å². The van der Waals surface area contributed by atoms with E-state index in [1.807, 2.05) is 54.6 Å². The Balaban J connectivity index is 2.25.